The van der Waals surface area contributed by atoms with Crippen LogP contribution in [-0.4, -0.2) is 54.0 Å². The van der Waals surface area contributed by atoms with Crippen molar-refractivity contribution >= 4 is 40.8 Å². The summed E-state index contributed by atoms with van der Waals surface area (Å²) in [5.74, 6) is -2.18. The van der Waals surface area contributed by atoms with Crippen molar-refractivity contribution in [3.63, 3.8) is 0 Å². The molecule has 0 saturated carbocycles. The summed E-state index contributed by atoms with van der Waals surface area (Å²) in [5, 5.41) is 11.4. The van der Waals surface area contributed by atoms with Gasteiger partial charge in [-0.2, -0.15) is 5.26 Å². The first-order valence-electron chi connectivity index (χ1n) is 8.27. The van der Waals surface area contributed by atoms with Crippen LogP contribution in [0.25, 0.3) is 0 Å². The van der Waals surface area contributed by atoms with E-state index in [-0.39, 0.29) is 17.2 Å². The van der Waals surface area contributed by atoms with E-state index in [4.69, 9.17) is 4.74 Å². The van der Waals surface area contributed by atoms with E-state index < -0.39 is 24.3 Å². The minimum atomic E-state index is -1.06. The highest BCUT2D eigenvalue weighted by molar-refractivity contribution is 8.00. The number of hydrogen-bond donors (Lipinski definition) is 0. The number of hydrogen-bond acceptors (Lipinski definition) is 8. The fourth-order valence-electron chi connectivity index (χ4n) is 2.10. The Kier molecular flexibility index (Phi) is 7.72. The molecule has 1 atom stereocenters. The average Bonchev–Trinajstić information content (AvgIpc) is 3.10. The molecule has 1 aromatic heterocycles. The van der Waals surface area contributed by atoms with Gasteiger partial charge in [-0.25, -0.2) is 9.78 Å². The number of nitriles is 1. The van der Waals surface area contributed by atoms with Crippen LogP contribution in [0, 0.1) is 18.3 Å². The highest BCUT2D eigenvalue weighted by Gasteiger charge is 2.25. The van der Waals surface area contributed by atoms with Crippen LogP contribution in [0.15, 0.2) is 34.5 Å². The number of esters is 1. The molecule has 7 nitrogen and oxygen atoms in total. The molecule has 0 N–H and O–H groups in total. The summed E-state index contributed by atoms with van der Waals surface area (Å²) in [5.41, 5.74) is 0.994. The number of nitrogens with zero attached hydrogens (tertiary/aromatic N) is 3. The number of aromatic nitrogens is 1. The molecule has 0 aliphatic rings. The molecule has 146 valence electrons. The number of thiazole rings is 1. The van der Waals surface area contributed by atoms with Gasteiger partial charge in [-0.3, -0.25) is 9.59 Å². The summed E-state index contributed by atoms with van der Waals surface area (Å²) >= 11 is 2.44. The number of carbonyl (C=O) groups excluding carboxylic acids is 3. The van der Waals surface area contributed by atoms with Gasteiger partial charge in [0.15, 0.2) is 18.3 Å². The van der Waals surface area contributed by atoms with E-state index in [1.165, 1.54) is 28.0 Å². The van der Waals surface area contributed by atoms with E-state index in [1.54, 1.807) is 50.7 Å². The maximum Gasteiger partial charge on any atom is 0.339 e. The van der Waals surface area contributed by atoms with Gasteiger partial charge in [0.05, 0.1) is 17.4 Å². The molecule has 1 aromatic carbocycles. The van der Waals surface area contributed by atoms with E-state index in [0.717, 1.165) is 5.69 Å². The lowest BCUT2D eigenvalue weighted by molar-refractivity contribution is -0.126. The minimum Gasteiger partial charge on any atom is -0.454 e. The van der Waals surface area contributed by atoms with Gasteiger partial charge in [0.2, 0.25) is 5.91 Å². The fraction of sp³-hybridized carbons (Fsp3) is 0.316. The molecule has 0 aliphatic heterocycles. The molecule has 0 fully saturated rings. The van der Waals surface area contributed by atoms with Gasteiger partial charge in [-0.15, -0.1) is 23.1 Å². The van der Waals surface area contributed by atoms with Crippen LogP contribution in [0.3, 0.4) is 0 Å². The molecule has 0 radical (unpaired) electrons. The number of aryl methyl sites for hydroxylation is 1. The molecule has 0 aliphatic carbocycles. The Morgan fingerprint density at radius 1 is 1.32 bits per heavy atom. The molecule has 2 aromatic rings. The third-order valence-electron chi connectivity index (χ3n) is 3.64. The van der Waals surface area contributed by atoms with Crippen LogP contribution in [0.4, 0.5) is 0 Å². The molecule has 1 amide bonds. The van der Waals surface area contributed by atoms with Crippen molar-refractivity contribution in [3.05, 3.63) is 45.9 Å². The van der Waals surface area contributed by atoms with Crippen molar-refractivity contribution in [2.75, 3.05) is 26.5 Å². The number of amides is 1. The molecule has 0 spiro atoms. The molecule has 1 heterocycles. The van der Waals surface area contributed by atoms with E-state index >= 15 is 0 Å². The van der Waals surface area contributed by atoms with Gasteiger partial charge >= 0.3 is 5.97 Å². The van der Waals surface area contributed by atoms with E-state index in [0.29, 0.717) is 9.90 Å². The third-order valence-corrected chi connectivity index (χ3v) is 5.72. The summed E-state index contributed by atoms with van der Waals surface area (Å²) in [6.07, 6.45) is 0. The zero-order valence-electron chi connectivity index (χ0n) is 15.7. The van der Waals surface area contributed by atoms with Crippen molar-refractivity contribution in [2.24, 2.45) is 0 Å². The predicted octanol–water partition coefficient (Wildman–Crippen LogP) is 2.67. The predicted molar refractivity (Wildman–Crippen MR) is 106 cm³/mol. The summed E-state index contributed by atoms with van der Waals surface area (Å²) in [4.78, 5) is 42.7. The fourth-order valence-corrected chi connectivity index (χ4v) is 3.98. The van der Waals surface area contributed by atoms with Crippen molar-refractivity contribution in [2.45, 2.75) is 17.7 Å². The van der Waals surface area contributed by atoms with Crippen LogP contribution < -0.4 is 0 Å². The highest BCUT2D eigenvalue weighted by Crippen LogP contribution is 2.24. The second kappa shape index (κ2) is 10.0. The van der Waals surface area contributed by atoms with E-state index in [1.807, 2.05) is 6.07 Å². The molecular formula is C19H19N3O4S2. The number of benzene rings is 1. The van der Waals surface area contributed by atoms with Crippen LogP contribution in [0.2, 0.25) is 0 Å². The Balaban J connectivity index is 2.02. The maximum atomic E-state index is 12.4. The maximum absolute atomic E-state index is 12.4. The van der Waals surface area contributed by atoms with Gasteiger partial charge in [-0.1, -0.05) is 12.1 Å². The SMILES string of the molecule is Cc1csc(C(C#N)C(=O)COC(=O)c2ccccc2SCC(=O)N(C)C)n1. The Morgan fingerprint density at radius 3 is 2.64 bits per heavy atom. The Hall–Kier alpha value is -2.70. The van der Waals surface area contributed by atoms with Crippen molar-refractivity contribution in [1.29, 1.82) is 5.26 Å². The van der Waals surface area contributed by atoms with Crippen molar-refractivity contribution in [1.82, 2.24) is 9.88 Å². The largest absolute Gasteiger partial charge is 0.454 e. The molecule has 1 unspecified atom stereocenters. The summed E-state index contributed by atoms with van der Waals surface area (Å²) in [6.45, 7) is 1.25. The first kappa shape index (κ1) is 21.6. The molecule has 28 heavy (non-hydrogen) atoms. The van der Waals surface area contributed by atoms with Crippen LogP contribution in [-0.2, 0) is 14.3 Å². The van der Waals surface area contributed by atoms with Gasteiger partial charge in [0.25, 0.3) is 0 Å². The lowest BCUT2D eigenvalue weighted by atomic mass is 10.1. The highest BCUT2D eigenvalue weighted by atomic mass is 32.2. The average molecular weight is 418 g/mol. The number of ketones is 1. The van der Waals surface area contributed by atoms with Gasteiger partial charge in [0.1, 0.15) is 5.01 Å². The second-order valence-electron chi connectivity index (χ2n) is 6.00. The second-order valence-corrected chi connectivity index (χ2v) is 7.91. The number of thioether (sulfide) groups is 1. The van der Waals surface area contributed by atoms with Gasteiger partial charge < -0.3 is 9.64 Å². The first-order valence-corrected chi connectivity index (χ1v) is 10.1. The van der Waals surface area contributed by atoms with E-state index in [2.05, 4.69) is 4.98 Å². The van der Waals surface area contributed by atoms with Crippen LogP contribution in [0.5, 0.6) is 0 Å². The first-order chi connectivity index (χ1) is 13.3. The third kappa shape index (κ3) is 5.65. The number of carbonyl (C=O) groups is 3. The normalized spacial score (nSPS) is 11.4. The van der Waals surface area contributed by atoms with Crippen LogP contribution in [0.1, 0.15) is 27.0 Å². The zero-order chi connectivity index (χ0) is 20.7. The minimum absolute atomic E-state index is 0.0843. The number of rotatable bonds is 8. The number of Topliss-reactive ketones (excluding diaryl/α,β-unsaturated/α-hetero) is 1. The van der Waals surface area contributed by atoms with Crippen molar-refractivity contribution < 1.29 is 19.1 Å². The van der Waals surface area contributed by atoms with Gasteiger partial charge in [0, 0.05) is 30.1 Å². The molecule has 0 bridgehead atoms. The smallest absolute Gasteiger partial charge is 0.339 e. The van der Waals surface area contributed by atoms with Gasteiger partial charge in [-0.05, 0) is 19.1 Å². The summed E-state index contributed by atoms with van der Waals surface area (Å²) in [7, 11) is 3.31. The molecule has 2 rings (SSSR count). The standard InChI is InChI=1S/C19H19N3O4S2/c1-12-10-28-18(21-12)14(8-20)15(23)9-26-19(25)13-6-4-5-7-16(13)27-11-17(24)22(2)3/h4-7,10,14H,9,11H2,1-3H3. The quantitative estimate of drug-likeness (QED) is 0.481. The van der Waals surface area contributed by atoms with Crippen molar-refractivity contribution in [3.8, 4) is 6.07 Å². The Labute approximate surface area is 171 Å². The lowest BCUT2D eigenvalue weighted by Gasteiger charge is -2.12. The Morgan fingerprint density at radius 2 is 2.04 bits per heavy atom. The van der Waals surface area contributed by atoms with E-state index in [9.17, 15) is 19.6 Å². The Bertz CT molecular complexity index is 918. The number of ether oxygens (including phenoxy) is 1. The lowest BCUT2D eigenvalue weighted by Crippen LogP contribution is -2.23. The molecule has 9 heteroatoms. The molecular weight excluding hydrogens is 398 g/mol. The summed E-state index contributed by atoms with van der Waals surface area (Å²) in [6, 6.07) is 8.62. The topological polar surface area (TPSA) is 100 Å². The summed E-state index contributed by atoms with van der Waals surface area (Å²) < 4.78 is 5.12. The van der Waals surface area contributed by atoms with Crippen LogP contribution >= 0.6 is 23.1 Å². The molecule has 0 saturated heterocycles. The zero-order valence-corrected chi connectivity index (χ0v) is 17.3. The monoisotopic (exact) mass is 417 g/mol.